The Morgan fingerprint density at radius 2 is 1.82 bits per heavy atom. The topological polar surface area (TPSA) is 105 Å². The highest BCUT2D eigenvalue weighted by molar-refractivity contribution is 7.87. The van der Waals surface area contributed by atoms with Crippen molar-refractivity contribution in [2.45, 2.75) is 38.3 Å². The van der Waals surface area contributed by atoms with E-state index in [4.69, 9.17) is 19.4 Å². The predicted octanol–water partition coefficient (Wildman–Crippen LogP) is 4.14. The third-order valence-electron chi connectivity index (χ3n) is 5.17. The Balaban J connectivity index is 1.62. The molecule has 2 aromatic carbocycles. The van der Waals surface area contributed by atoms with E-state index in [1.807, 2.05) is 12.1 Å². The summed E-state index contributed by atoms with van der Waals surface area (Å²) in [7, 11) is -4.19. The molecule has 11 heteroatoms. The third kappa shape index (κ3) is 7.91. The number of alkyl halides is 3. The van der Waals surface area contributed by atoms with E-state index in [0.29, 0.717) is 17.9 Å². The molecule has 0 spiro atoms. The minimum atomic E-state index is -4.43. The fourth-order valence-electron chi connectivity index (χ4n) is 3.67. The minimum absolute atomic E-state index is 0.0539. The maximum atomic E-state index is 12.3. The van der Waals surface area contributed by atoms with Crippen LogP contribution in [0.4, 0.5) is 13.2 Å². The first-order valence-corrected chi connectivity index (χ1v) is 12.4. The Morgan fingerprint density at radius 3 is 2.56 bits per heavy atom. The normalized spacial score (nSPS) is 15.6. The summed E-state index contributed by atoms with van der Waals surface area (Å²) in [5, 5.41) is 0. The Morgan fingerprint density at radius 1 is 1.09 bits per heavy atom. The first-order valence-electron chi connectivity index (χ1n) is 10.8. The molecule has 0 amide bonds. The zero-order chi connectivity index (χ0) is 24.8. The summed E-state index contributed by atoms with van der Waals surface area (Å²) >= 11 is 0. The van der Waals surface area contributed by atoms with Crippen molar-refractivity contribution in [2.75, 3.05) is 18.9 Å². The van der Waals surface area contributed by atoms with Gasteiger partial charge in [-0.05, 0) is 48.6 Å². The average molecular weight is 502 g/mol. The zero-order valence-corrected chi connectivity index (χ0v) is 19.2. The van der Waals surface area contributed by atoms with Crippen molar-refractivity contribution in [1.82, 2.24) is 0 Å². The number of nitrogens with two attached hydrogens (primary N) is 1. The molecule has 186 valence electrons. The van der Waals surface area contributed by atoms with Crippen LogP contribution in [0.2, 0.25) is 0 Å². The van der Waals surface area contributed by atoms with Gasteiger partial charge >= 0.3 is 22.3 Å². The number of ether oxygens (including phenoxy) is 2. The van der Waals surface area contributed by atoms with E-state index in [9.17, 15) is 26.4 Å². The Hall–Kier alpha value is -2.79. The number of hydrogen-bond acceptors (Lipinski definition) is 7. The van der Waals surface area contributed by atoms with E-state index in [0.717, 1.165) is 17.5 Å². The van der Waals surface area contributed by atoms with Crippen LogP contribution >= 0.6 is 0 Å². The molecule has 2 aromatic rings. The smallest absolute Gasteiger partial charge is 0.389 e. The quantitative estimate of drug-likeness (QED) is 0.365. The lowest BCUT2D eigenvalue weighted by molar-refractivity contribution is -0.144. The number of hydrogen-bond donors (Lipinski definition) is 1. The summed E-state index contributed by atoms with van der Waals surface area (Å²) in [6.45, 7) is 0.516. The van der Waals surface area contributed by atoms with Crippen molar-refractivity contribution in [3.63, 3.8) is 0 Å². The van der Waals surface area contributed by atoms with Gasteiger partial charge in [0.25, 0.3) is 0 Å². The number of halogens is 3. The van der Waals surface area contributed by atoms with Crippen LogP contribution in [0, 0.1) is 5.92 Å². The molecule has 0 unspecified atom stereocenters. The third-order valence-corrected chi connectivity index (χ3v) is 6.41. The molecule has 0 radical (unpaired) electrons. The lowest BCUT2D eigenvalue weighted by Gasteiger charge is -2.13. The predicted molar refractivity (Wildman–Crippen MR) is 118 cm³/mol. The fraction of sp³-hybridized carbons (Fsp3) is 0.435. The van der Waals surface area contributed by atoms with Gasteiger partial charge in [-0.2, -0.15) is 21.6 Å². The van der Waals surface area contributed by atoms with Crippen LogP contribution in [0.15, 0.2) is 42.5 Å². The van der Waals surface area contributed by atoms with E-state index in [-0.39, 0.29) is 37.2 Å². The van der Waals surface area contributed by atoms with Gasteiger partial charge in [-0.1, -0.05) is 18.2 Å². The van der Waals surface area contributed by atoms with Crippen LogP contribution in [0.3, 0.4) is 0 Å². The first-order chi connectivity index (χ1) is 16.0. The van der Waals surface area contributed by atoms with Crippen LogP contribution in [0.1, 0.15) is 30.4 Å². The number of fused-ring (bicyclic) bond motifs is 1. The van der Waals surface area contributed by atoms with Crippen LogP contribution in [0.5, 0.6) is 17.2 Å². The van der Waals surface area contributed by atoms with Crippen molar-refractivity contribution < 1.29 is 40.0 Å². The largest absolute Gasteiger partial charge is 0.465 e. The highest BCUT2D eigenvalue weighted by Crippen LogP contribution is 2.37. The molecule has 0 fully saturated rings. The van der Waals surface area contributed by atoms with E-state index >= 15 is 0 Å². The number of benzene rings is 2. The summed E-state index contributed by atoms with van der Waals surface area (Å²) in [5.41, 5.74) is 7.39. The Bertz CT molecular complexity index is 1100. The van der Waals surface area contributed by atoms with Crippen LogP contribution in [-0.4, -0.2) is 39.5 Å². The summed E-state index contributed by atoms with van der Waals surface area (Å²) < 4.78 is 77.0. The van der Waals surface area contributed by atoms with Crippen LogP contribution in [-0.2, 0) is 32.5 Å². The molecule has 0 bridgehead atoms. The molecule has 0 saturated carbocycles. The summed E-state index contributed by atoms with van der Waals surface area (Å²) in [5.74, 6) is -0.131. The number of carbonyl (C=O) groups is 1. The SMILES string of the molecule is NCCC(=O)OC[C@@H]1Cc2cccc(Oc3cccc(OS(=O)(=O)CCCC(F)(F)F)c3)c2C1. The lowest BCUT2D eigenvalue weighted by Crippen LogP contribution is -2.17. The molecule has 7 nitrogen and oxygen atoms in total. The Kier molecular flexibility index (Phi) is 8.42. The molecular weight excluding hydrogens is 475 g/mol. The minimum Gasteiger partial charge on any atom is -0.465 e. The van der Waals surface area contributed by atoms with Crippen LogP contribution in [0.25, 0.3) is 0 Å². The van der Waals surface area contributed by atoms with Crippen molar-refractivity contribution in [3.05, 3.63) is 53.6 Å². The van der Waals surface area contributed by atoms with Gasteiger partial charge in [-0.25, -0.2) is 0 Å². The van der Waals surface area contributed by atoms with E-state index < -0.39 is 34.9 Å². The average Bonchev–Trinajstić information content (AvgIpc) is 3.15. The molecular formula is C23H26F3NO6S. The Labute approximate surface area is 196 Å². The van der Waals surface area contributed by atoms with Crippen molar-refractivity contribution in [1.29, 1.82) is 0 Å². The number of rotatable bonds is 11. The van der Waals surface area contributed by atoms with Crippen LogP contribution < -0.4 is 14.7 Å². The van der Waals surface area contributed by atoms with Crippen molar-refractivity contribution in [3.8, 4) is 17.2 Å². The highest BCUT2D eigenvalue weighted by Gasteiger charge is 2.28. The van der Waals surface area contributed by atoms with Gasteiger partial charge in [-0.3, -0.25) is 4.79 Å². The fourth-order valence-corrected chi connectivity index (χ4v) is 4.65. The molecule has 0 heterocycles. The second-order valence-corrected chi connectivity index (χ2v) is 9.72. The van der Waals surface area contributed by atoms with Gasteiger partial charge < -0.3 is 19.4 Å². The molecule has 0 aromatic heterocycles. The maximum absolute atomic E-state index is 12.3. The van der Waals surface area contributed by atoms with Gasteiger partial charge in [0, 0.05) is 24.9 Å². The standard InChI is InChI=1S/C23H26F3NO6S/c24-23(25,26)9-3-11-34(29,30)33-19-6-2-5-18(14-19)32-21-7-1-4-17-12-16(13-20(17)21)15-31-22(28)8-10-27/h1-2,4-7,14,16H,3,8-13,15,27H2/t16-/m1/s1. The highest BCUT2D eigenvalue weighted by atomic mass is 32.2. The monoisotopic (exact) mass is 501 g/mol. The van der Waals surface area contributed by atoms with E-state index in [1.165, 1.54) is 18.2 Å². The molecule has 1 atom stereocenters. The molecule has 2 N–H and O–H groups in total. The molecule has 0 saturated heterocycles. The van der Waals surface area contributed by atoms with Gasteiger partial charge in [0.2, 0.25) is 0 Å². The van der Waals surface area contributed by atoms with E-state index in [1.54, 1.807) is 12.1 Å². The molecule has 34 heavy (non-hydrogen) atoms. The van der Waals surface area contributed by atoms with Gasteiger partial charge in [-0.15, -0.1) is 0 Å². The van der Waals surface area contributed by atoms with Gasteiger partial charge in [0.15, 0.2) is 0 Å². The summed E-state index contributed by atoms with van der Waals surface area (Å²) in [4.78, 5) is 11.6. The van der Waals surface area contributed by atoms with Gasteiger partial charge in [0.1, 0.15) is 17.2 Å². The zero-order valence-electron chi connectivity index (χ0n) is 18.3. The molecule has 1 aliphatic rings. The summed E-state index contributed by atoms with van der Waals surface area (Å²) in [6, 6.07) is 11.5. The lowest BCUT2D eigenvalue weighted by atomic mass is 10.1. The van der Waals surface area contributed by atoms with E-state index in [2.05, 4.69) is 0 Å². The second kappa shape index (κ2) is 11.1. The van der Waals surface area contributed by atoms with Crippen molar-refractivity contribution >= 4 is 16.1 Å². The maximum Gasteiger partial charge on any atom is 0.389 e. The van der Waals surface area contributed by atoms with Gasteiger partial charge in [0.05, 0.1) is 18.8 Å². The second-order valence-electron chi connectivity index (χ2n) is 8.03. The molecule has 3 rings (SSSR count). The first kappa shape index (κ1) is 25.8. The molecule has 0 aliphatic heterocycles. The summed E-state index contributed by atoms with van der Waals surface area (Å²) in [6.07, 6.45) is -4.67. The number of carbonyl (C=O) groups excluding carboxylic acids is 1. The molecule has 1 aliphatic carbocycles. The number of esters is 1. The van der Waals surface area contributed by atoms with Crippen molar-refractivity contribution in [2.24, 2.45) is 11.7 Å².